The maximum Gasteiger partial charge on any atom is 0.451 e. The number of fused-ring (bicyclic) bond motifs is 1. The molecule has 0 saturated heterocycles. The van der Waals surface area contributed by atoms with E-state index in [1.165, 1.54) is 17.0 Å². The van der Waals surface area contributed by atoms with Crippen LogP contribution < -0.4 is 0 Å². The van der Waals surface area contributed by atoms with Crippen molar-refractivity contribution in [3.8, 4) is 17.3 Å². The standard InChI is InChI=1S/C22H15F6N9/c1-20(2,12-6-3-5-11(32-12)17-34-19(36-35-17)22(26,27)28)13-7-4-8-14(33-13)37-10-31-15-16(21(23,24)25)29-9-30-18(15)37/h3-10H,1-2H3,(H,34,35,36). The van der Waals surface area contributed by atoms with Crippen LogP contribution in [-0.4, -0.2) is 44.7 Å². The van der Waals surface area contributed by atoms with Gasteiger partial charge < -0.3 is 0 Å². The number of imidazole rings is 1. The van der Waals surface area contributed by atoms with Gasteiger partial charge in [-0.2, -0.15) is 31.4 Å². The number of alkyl halides is 6. The first-order valence-electron chi connectivity index (χ1n) is 10.6. The SMILES string of the molecule is CC(C)(c1cccc(-c2n[nH]c(C(F)(F)F)n2)n1)c1cccc(-n2cnc3c(C(F)(F)F)ncnc32)n1. The summed E-state index contributed by atoms with van der Waals surface area (Å²) in [6.07, 6.45) is -7.41. The number of hydrogen-bond donors (Lipinski definition) is 1. The lowest BCUT2D eigenvalue weighted by Gasteiger charge is -2.24. The van der Waals surface area contributed by atoms with E-state index in [1.54, 1.807) is 44.2 Å². The second kappa shape index (κ2) is 8.31. The Morgan fingerprint density at radius 3 is 2.16 bits per heavy atom. The highest BCUT2D eigenvalue weighted by atomic mass is 19.4. The van der Waals surface area contributed by atoms with Crippen molar-refractivity contribution in [2.75, 3.05) is 0 Å². The van der Waals surface area contributed by atoms with Gasteiger partial charge in [0.2, 0.25) is 5.82 Å². The zero-order chi connectivity index (χ0) is 26.6. The van der Waals surface area contributed by atoms with Gasteiger partial charge in [0.1, 0.15) is 29.7 Å². The largest absolute Gasteiger partial charge is 0.451 e. The molecule has 15 heteroatoms. The summed E-state index contributed by atoms with van der Waals surface area (Å²) in [5.41, 5.74) is -1.48. The molecule has 0 fully saturated rings. The van der Waals surface area contributed by atoms with Crippen LogP contribution in [0.5, 0.6) is 0 Å². The first-order chi connectivity index (χ1) is 17.4. The normalized spacial score (nSPS) is 12.9. The summed E-state index contributed by atoms with van der Waals surface area (Å²) in [7, 11) is 0. The van der Waals surface area contributed by atoms with Crippen LogP contribution in [0, 0.1) is 0 Å². The van der Waals surface area contributed by atoms with Crippen molar-refractivity contribution in [3.05, 3.63) is 72.0 Å². The van der Waals surface area contributed by atoms with Gasteiger partial charge in [-0.3, -0.25) is 9.67 Å². The van der Waals surface area contributed by atoms with Gasteiger partial charge in [0, 0.05) is 5.41 Å². The number of nitrogens with one attached hydrogen (secondary N) is 1. The van der Waals surface area contributed by atoms with Crippen LogP contribution in [0.4, 0.5) is 26.3 Å². The fourth-order valence-corrected chi connectivity index (χ4v) is 3.66. The molecule has 9 nitrogen and oxygen atoms in total. The molecule has 0 radical (unpaired) electrons. The molecule has 5 heterocycles. The van der Waals surface area contributed by atoms with Crippen LogP contribution in [0.1, 0.15) is 36.8 Å². The molecule has 0 amide bonds. The fourth-order valence-electron chi connectivity index (χ4n) is 3.66. The predicted molar refractivity (Wildman–Crippen MR) is 116 cm³/mol. The minimum Gasteiger partial charge on any atom is -0.267 e. The Morgan fingerprint density at radius 2 is 1.49 bits per heavy atom. The van der Waals surface area contributed by atoms with Crippen molar-refractivity contribution in [2.45, 2.75) is 31.6 Å². The van der Waals surface area contributed by atoms with E-state index in [2.05, 4.69) is 35.0 Å². The third-order valence-corrected chi connectivity index (χ3v) is 5.60. The van der Waals surface area contributed by atoms with E-state index in [9.17, 15) is 26.3 Å². The number of hydrogen-bond acceptors (Lipinski definition) is 7. The van der Waals surface area contributed by atoms with Gasteiger partial charge in [-0.1, -0.05) is 12.1 Å². The lowest BCUT2D eigenvalue weighted by Crippen LogP contribution is -2.23. The highest BCUT2D eigenvalue weighted by molar-refractivity contribution is 5.75. The summed E-state index contributed by atoms with van der Waals surface area (Å²) in [5.74, 6) is -1.22. The molecule has 0 aliphatic carbocycles. The maximum absolute atomic E-state index is 13.3. The molecule has 0 unspecified atom stereocenters. The van der Waals surface area contributed by atoms with Gasteiger partial charge in [0.05, 0.1) is 11.4 Å². The summed E-state index contributed by atoms with van der Waals surface area (Å²) in [6.45, 7) is 3.58. The van der Waals surface area contributed by atoms with E-state index >= 15 is 0 Å². The molecule has 1 N–H and O–H groups in total. The number of H-pyrrole nitrogens is 1. The first kappa shape index (κ1) is 24.3. The summed E-state index contributed by atoms with van der Waals surface area (Å²) in [6, 6.07) is 9.68. The molecule has 0 atom stereocenters. The Morgan fingerprint density at radius 1 is 0.784 bits per heavy atom. The molecular formula is C22H15F6N9. The number of aromatic nitrogens is 9. The maximum atomic E-state index is 13.3. The van der Waals surface area contributed by atoms with Crippen LogP contribution in [0.15, 0.2) is 49.1 Å². The zero-order valence-electron chi connectivity index (χ0n) is 19.0. The van der Waals surface area contributed by atoms with E-state index < -0.39 is 34.8 Å². The average Bonchev–Trinajstić information content (AvgIpc) is 3.51. The lowest BCUT2D eigenvalue weighted by atomic mass is 9.84. The Hall–Kier alpha value is -4.43. The monoisotopic (exact) mass is 519 g/mol. The molecular weight excluding hydrogens is 504 g/mol. The summed E-state index contributed by atoms with van der Waals surface area (Å²) in [4.78, 5) is 23.6. The van der Waals surface area contributed by atoms with Gasteiger partial charge in [0.25, 0.3) is 0 Å². The number of pyridine rings is 2. The lowest BCUT2D eigenvalue weighted by molar-refractivity contribution is -0.144. The van der Waals surface area contributed by atoms with Crippen LogP contribution in [0.25, 0.3) is 28.5 Å². The number of nitrogens with zero attached hydrogens (tertiary/aromatic N) is 8. The Balaban J connectivity index is 1.53. The van der Waals surface area contributed by atoms with Gasteiger partial charge in [-0.05, 0) is 38.1 Å². The smallest absolute Gasteiger partial charge is 0.267 e. The molecule has 37 heavy (non-hydrogen) atoms. The zero-order valence-corrected chi connectivity index (χ0v) is 19.0. The van der Waals surface area contributed by atoms with Crippen molar-refractivity contribution in [2.24, 2.45) is 0 Å². The van der Waals surface area contributed by atoms with Crippen LogP contribution in [0.3, 0.4) is 0 Å². The fraction of sp³-hybridized carbons (Fsp3) is 0.227. The van der Waals surface area contributed by atoms with E-state index in [4.69, 9.17) is 0 Å². The van der Waals surface area contributed by atoms with Crippen LogP contribution >= 0.6 is 0 Å². The quantitative estimate of drug-likeness (QED) is 0.341. The van der Waals surface area contributed by atoms with E-state index in [1.807, 2.05) is 5.10 Å². The van der Waals surface area contributed by atoms with Crippen molar-refractivity contribution in [1.82, 2.24) is 44.7 Å². The molecule has 0 aliphatic rings. The molecule has 0 aromatic carbocycles. The number of halogens is 6. The third kappa shape index (κ3) is 4.36. The van der Waals surface area contributed by atoms with Gasteiger partial charge in [0.15, 0.2) is 17.2 Å². The van der Waals surface area contributed by atoms with Crippen LogP contribution in [0.2, 0.25) is 0 Å². The average molecular weight is 519 g/mol. The van der Waals surface area contributed by atoms with E-state index in [0.29, 0.717) is 11.4 Å². The first-order valence-corrected chi connectivity index (χ1v) is 10.6. The highest BCUT2D eigenvalue weighted by Crippen LogP contribution is 2.34. The summed E-state index contributed by atoms with van der Waals surface area (Å²) in [5, 5.41) is 5.47. The van der Waals surface area contributed by atoms with Crippen LogP contribution in [-0.2, 0) is 17.8 Å². The molecule has 5 rings (SSSR count). The molecule has 5 aromatic rings. The van der Waals surface area contributed by atoms with Crippen molar-refractivity contribution in [1.29, 1.82) is 0 Å². The predicted octanol–water partition coefficient (Wildman–Crippen LogP) is 4.75. The summed E-state index contributed by atoms with van der Waals surface area (Å²) >= 11 is 0. The van der Waals surface area contributed by atoms with Crippen molar-refractivity contribution < 1.29 is 26.3 Å². The Labute approximate surface area is 203 Å². The minimum absolute atomic E-state index is 0.0741. The topological polar surface area (TPSA) is 111 Å². The molecule has 5 aromatic heterocycles. The highest BCUT2D eigenvalue weighted by Gasteiger charge is 2.37. The molecule has 190 valence electrons. The Bertz CT molecular complexity index is 1600. The van der Waals surface area contributed by atoms with E-state index in [0.717, 1.165) is 6.33 Å². The molecule has 0 bridgehead atoms. The van der Waals surface area contributed by atoms with Gasteiger partial charge in [-0.15, -0.1) is 0 Å². The molecule has 0 saturated carbocycles. The third-order valence-electron chi connectivity index (χ3n) is 5.60. The molecule has 0 spiro atoms. The number of aromatic amines is 1. The van der Waals surface area contributed by atoms with E-state index in [-0.39, 0.29) is 23.0 Å². The number of rotatable bonds is 4. The second-order valence-corrected chi connectivity index (χ2v) is 8.43. The van der Waals surface area contributed by atoms with Gasteiger partial charge in [-0.25, -0.2) is 29.9 Å². The van der Waals surface area contributed by atoms with Crippen molar-refractivity contribution in [3.63, 3.8) is 0 Å². The molecule has 0 aliphatic heterocycles. The second-order valence-electron chi connectivity index (χ2n) is 8.43. The van der Waals surface area contributed by atoms with Crippen molar-refractivity contribution >= 4 is 11.2 Å². The minimum atomic E-state index is -4.71. The Kier molecular flexibility index (Phi) is 5.45. The van der Waals surface area contributed by atoms with Gasteiger partial charge >= 0.3 is 12.4 Å². The summed E-state index contributed by atoms with van der Waals surface area (Å²) < 4.78 is 80.0.